The molecule has 0 heterocycles. The molecule has 20 heavy (non-hydrogen) atoms. The summed E-state index contributed by atoms with van der Waals surface area (Å²) < 4.78 is 11.6. The average Bonchev–Trinajstić information content (AvgIpc) is 3.20. The van der Waals surface area contributed by atoms with Gasteiger partial charge in [0.2, 0.25) is 0 Å². The van der Waals surface area contributed by atoms with Crippen LogP contribution in [-0.2, 0) is 0 Å². The molecule has 0 bridgehead atoms. The molecule has 0 aliphatic heterocycles. The Bertz CT molecular complexity index is 491. The third-order valence-corrected chi connectivity index (χ3v) is 5.53. The molecule has 3 nitrogen and oxygen atoms in total. The Morgan fingerprint density at radius 1 is 1.10 bits per heavy atom. The standard InChI is InChI=1S/C16H21BrO3/c1-19-13-8-12(17)14(20-2)7-11(13)16(18)15-9-5-3-4-6-10(9)15/h7-10,15-16,18H,3-6H2,1-2H3. The summed E-state index contributed by atoms with van der Waals surface area (Å²) in [5, 5.41) is 10.8. The third kappa shape index (κ3) is 2.33. The van der Waals surface area contributed by atoms with Crippen molar-refractivity contribution in [3.63, 3.8) is 0 Å². The van der Waals surface area contributed by atoms with Crippen LogP contribution in [-0.4, -0.2) is 19.3 Å². The fraction of sp³-hybridized carbons (Fsp3) is 0.625. The minimum Gasteiger partial charge on any atom is -0.496 e. The number of aliphatic hydroxyl groups excluding tert-OH is 1. The fourth-order valence-electron chi connectivity index (χ4n) is 3.84. The second kappa shape index (κ2) is 5.57. The number of hydrogen-bond donors (Lipinski definition) is 1. The lowest BCUT2D eigenvalue weighted by atomic mass is 10.0. The first-order chi connectivity index (χ1) is 9.67. The SMILES string of the molecule is COc1cc(C(O)C2C3CCCCC32)c(OC)cc1Br. The van der Waals surface area contributed by atoms with E-state index in [0.717, 1.165) is 21.5 Å². The van der Waals surface area contributed by atoms with Crippen molar-refractivity contribution in [3.8, 4) is 11.5 Å². The molecular formula is C16H21BrO3. The number of methoxy groups -OCH3 is 2. The molecule has 110 valence electrons. The van der Waals surface area contributed by atoms with Gasteiger partial charge in [-0.15, -0.1) is 0 Å². The highest BCUT2D eigenvalue weighted by Gasteiger charge is 2.54. The maximum absolute atomic E-state index is 10.8. The van der Waals surface area contributed by atoms with E-state index in [1.165, 1.54) is 25.7 Å². The van der Waals surface area contributed by atoms with E-state index >= 15 is 0 Å². The summed E-state index contributed by atoms with van der Waals surface area (Å²) in [6.45, 7) is 0. The van der Waals surface area contributed by atoms with E-state index in [9.17, 15) is 5.11 Å². The summed E-state index contributed by atoms with van der Waals surface area (Å²) in [4.78, 5) is 0. The van der Waals surface area contributed by atoms with Crippen molar-refractivity contribution in [2.75, 3.05) is 14.2 Å². The van der Waals surface area contributed by atoms with Gasteiger partial charge in [-0.1, -0.05) is 12.8 Å². The van der Waals surface area contributed by atoms with Crippen molar-refractivity contribution in [3.05, 3.63) is 22.2 Å². The van der Waals surface area contributed by atoms with Crippen LogP contribution in [0.3, 0.4) is 0 Å². The molecule has 2 aliphatic rings. The lowest BCUT2D eigenvalue weighted by Gasteiger charge is -2.17. The highest BCUT2D eigenvalue weighted by atomic mass is 79.9. The van der Waals surface area contributed by atoms with Gasteiger partial charge >= 0.3 is 0 Å². The molecule has 0 saturated heterocycles. The van der Waals surface area contributed by atoms with Crippen molar-refractivity contribution in [1.82, 2.24) is 0 Å². The second-order valence-corrected chi connectivity index (χ2v) is 6.72. The van der Waals surface area contributed by atoms with Crippen molar-refractivity contribution in [2.45, 2.75) is 31.8 Å². The highest BCUT2D eigenvalue weighted by Crippen LogP contribution is 2.61. The summed E-state index contributed by atoms with van der Waals surface area (Å²) in [5.41, 5.74) is 0.854. The molecule has 3 unspecified atom stereocenters. The first-order valence-electron chi connectivity index (χ1n) is 7.27. The van der Waals surface area contributed by atoms with Gasteiger partial charge in [0.15, 0.2) is 0 Å². The Kier molecular flexibility index (Phi) is 3.95. The Hall–Kier alpha value is -0.740. The zero-order chi connectivity index (χ0) is 14.3. The van der Waals surface area contributed by atoms with Gasteiger partial charge < -0.3 is 14.6 Å². The Balaban J connectivity index is 1.88. The molecule has 1 aromatic rings. The molecule has 0 spiro atoms. The van der Waals surface area contributed by atoms with E-state index in [1.54, 1.807) is 14.2 Å². The molecule has 0 radical (unpaired) electrons. The number of aliphatic hydroxyl groups is 1. The summed E-state index contributed by atoms with van der Waals surface area (Å²) in [7, 11) is 3.28. The Labute approximate surface area is 128 Å². The zero-order valence-electron chi connectivity index (χ0n) is 11.9. The predicted molar refractivity (Wildman–Crippen MR) is 81.1 cm³/mol. The third-order valence-electron chi connectivity index (χ3n) is 4.91. The number of ether oxygens (including phenoxy) is 2. The average molecular weight is 341 g/mol. The van der Waals surface area contributed by atoms with Crippen LogP contribution in [0, 0.1) is 17.8 Å². The van der Waals surface area contributed by atoms with Gasteiger partial charge in [0.25, 0.3) is 0 Å². The number of halogens is 1. The van der Waals surface area contributed by atoms with Crippen LogP contribution in [0.2, 0.25) is 0 Å². The second-order valence-electron chi connectivity index (χ2n) is 5.86. The Morgan fingerprint density at radius 2 is 1.70 bits per heavy atom. The lowest BCUT2D eigenvalue weighted by molar-refractivity contribution is 0.138. The molecule has 1 N–H and O–H groups in total. The number of hydrogen-bond acceptors (Lipinski definition) is 3. The molecule has 1 aromatic carbocycles. The molecule has 2 fully saturated rings. The van der Waals surface area contributed by atoms with Crippen LogP contribution in [0.15, 0.2) is 16.6 Å². The van der Waals surface area contributed by atoms with Crippen LogP contribution in [0.5, 0.6) is 11.5 Å². The summed E-state index contributed by atoms with van der Waals surface area (Å²) in [6, 6.07) is 3.78. The summed E-state index contributed by atoms with van der Waals surface area (Å²) in [5.74, 6) is 3.28. The molecule has 4 heteroatoms. The molecule has 0 aromatic heterocycles. The van der Waals surface area contributed by atoms with E-state index in [2.05, 4.69) is 15.9 Å². The van der Waals surface area contributed by atoms with E-state index in [-0.39, 0.29) is 0 Å². The zero-order valence-corrected chi connectivity index (χ0v) is 13.5. The largest absolute Gasteiger partial charge is 0.496 e. The van der Waals surface area contributed by atoms with Crippen LogP contribution >= 0.6 is 15.9 Å². The van der Waals surface area contributed by atoms with E-state index in [1.807, 2.05) is 12.1 Å². The van der Waals surface area contributed by atoms with Crippen LogP contribution in [0.25, 0.3) is 0 Å². The maximum Gasteiger partial charge on any atom is 0.133 e. The van der Waals surface area contributed by atoms with E-state index < -0.39 is 6.10 Å². The molecule has 0 amide bonds. The lowest BCUT2D eigenvalue weighted by Crippen LogP contribution is -2.05. The van der Waals surface area contributed by atoms with Crippen LogP contribution in [0.1, 0.15) is 37.4 Å². The van der Waals surface area contributed by atoms with Gasteiger partial charge in [0.05, 0.1) is 24.8 Å². The van der Waals surface area contributed by atoms with Gasteiger partial charge in [0.1, 0.15) is 11.5 Å². The summed E-state index contributed by atoms with van der Waals surface area (Å²) >= 11 is 3.46. The molecule has 3 rings (SSSR count). The molecule has 3 atom stereocenters. The number of fused-ring (bicyclic) bond motifs is 1. The maximum atomic E-state index is 10.8. The molecule has 2 aliphatic carbocycles. The van der Waals surface area contributed by atoms with Gasteiger partial charge in [-0.2, -0.15) is 0 Å². The first-order valence-corrected chi connectivity index (χ1v) is 8.06. The number of rotatable bonds is 4. The van der Waals surface area contributed by atoms with Gasteiger partial charge in [0, 0.05) is 5.56 Å². The van der Waals surface area contributed by atoms with Crippen LogP contribution in [0.4, 0.5) is 0 Å². The van der Waals surface area contributed by atoms with Crippen molar-refractivity contribution < 1.29 is 14.6 Å². The topological polar surface area (TPSA) is 38.7 Å². The van der Waals surface area contributed by atoms with Gasteiger partial charge in [-0.3, -0.25) is 0 Å². The number of benzene rings is 1. The van der Waals surface area contributed by atoms with Gasteiger partial charge in [-0.05, 0) is 58.7 Å². The predicted octanol–water partition coefficient (Wildman–Crippen LogP) is 3.94. The van der Waals surface area contributed by atoms with Crippen molar-refractivity contribution >= 4 is 15.9 Å². The Morgan fingerprint density at radius 3 is 2.25 bits per heavy atom. The highest BCUT2D eigenvalue weighted by molar-refractivity contribution is 9.10. The summed E-state index contributed by atoms with van der Waals surface area (Å²) in [6.07, 6.45) is 4.71. The quantitative estimate of drug-likeness (QED) is 0.902. The van der Waals surface area contributed by atoms with E-state index in [0.29, 0.717) is 17.8 Å². The van der Waals surface area contributed by atoms with Crippen LogP contribution < -0.4 is 9.47 Å². The van der Waals surface area contributed by atoms with Crippen molar-refractivity contribution in [1.29, 1.82) is 0 Å². The monoisotopic (exact) mass is 340 g/mol. The fourth-order valence-corrected chi connectivity index (χ4v) is 4.32. The van der Waals surface area contributed by atoms with Gasteiger partial charge in [-0.25, -0.2) is 0 Å². The first kappa shape index (κ1) is 14.2. The minimum atomic E-state index is -0.444. The molecule has 2 saturated carbocycles. The molecular weight excluding hydrogens is 320 g/mol. The normalized spacial score (nSPS) is 29.5. The van der Waals surface area contributed by atoms with E-state index in [4.69, 9.17) is 9.47 Å². The smallest absolute Gasteiger partial charge is 0.133 e. The minimum absolute atomic E-state index is 0.400. The van der Waals surface area contributed by atoms with Crippen molar-refractivity contribution in [2.24, 2.45) is 17.8 Å².